The van der Waals surface area contributed by atoms with Gasteiger partial charge in [0.15, 0.2) is 0 Å². The standard InChI is InChI=1S/C18H23N3/c1-21(13-5-7-15-6-4-11-19-14-15)18(16-9-10-16)17-8-2-3-12-20-17/h2-4,6,8,11-12,14,16,18H,5,7,9-10,13H2,1H3/t18-/m0/s1. The SMILES string of the molecule is CN(CCCc1cccnc1)[C@H](c1ccccn1)C1CC1. The van der Waals surface area contributed by atoms with Crippen molar-refractivity contribution in [2.75, 3.05) is 13.6 Å². The summed E-state index contributed by atoms with van der Waals surface area (Å²) in [6.45, 7) is 1.10. The first-order chi connectivity index (χ1) is 10.3. The van der Waals surface area contributed by atoms with Crippen LogP contribution < -0.4 is 0 Å². The zero-order chi connectivity index (χ0) is 14.5. The van der Waals surface area contributed by atoms with E-state index in [0.29, 0.717) is 6.04 Å². The van der Waals surface area contributed by atoms with Crippen molar-refractivity contribution in [1.82, 2.24) is 14.9 Å². The van der Waals surface area contributed by atoms with Crippen LogP contribution in [0, 0.1) is 5.92 Å². The molecule has 110 valence electrons. The average molecular weight is 281 g/mol. The Morgan fingerprint density at radius 2 is 2.10 bits per heavy atom. The second-order valence-corrected chi connectivity index (χ2v) is 5.98. The van der Waals surface area contributed by atoms with Gasteiger partial charge in [0.2, 0.25) is 0 Å². The van der Waals surface area contributed by atoms with Gasteiger partial charge in [0.05, 0.1) is 11.7 Å². The predicted molar refractivity (Wildman–Crippen MR) is 84.9 cm³/mol. The topological polar surface area (TPSA) is 29.0 Å². The van der Waals surface area contributed by atoms with Crippen molar-refractivity contribution in [1.29, 1.82) is 0 Å². The quantitative estimate of drug-likeness (QED) is 0.778. The molecule has 21 heavy (non-hydrogen) atoms. The van der Waals surface area contributed by atoms with E-state index in [9.17, 15) is 0 Å². The first kappa shape index (κ1) is 14.2. The van der Waals surface area contributed by atoms with Crippen LogP contribution in [0.25, 0.3) is 0 Å². The lowest BCUT2D eigenvalue weighted by Crippen LogP contribution is -2.28. The van der Waals surface area contributed by atoms with Gasteiger partial charge < -0.3 is 0 Å². The summed E-state index contributed by atoms with van der Waals surface area (Å²) in [6, 6.07) is 10.9. The smallest absolute Gasteiger partial charge is 0.0578 e. The molecule has 1 fully saturated rings. The molecule has 0 N–H and O–H groups in total. The van der Waals surface area contributed by atoms with Crippen molar-refractivity contribution in [3.63, 3.8) is 0 Å². The fraction of sp³-hybridized carbons (Fsp3) is 0.444. The van der Waals surface area contributed by atoms with E-state index in [1.807, 2.05) is 30.7 Å². The van der Waals surface area contributed by atoms with E-state index >= 15 is 0 Å². The van der Waals surface area contributed by atoms with E-state index in [1.54, 1.807) is 0 Å². The Labute approximate surface area is 127 Å². The molecule has 2 heterocycles. The molecule has 2 aromatic heterocycles. The summed E-state index contributed by atoms with van der Waals surface area (Å²) in [4.78, 5) is 11.2. The molecule has 3 rings (SSSR count). The third-order valence-corrected chi connectivity index (χ3v) is 4.23. The first-order valence-electron chi connectivity index (χ1n) is 7.84. The van der Waals surface area contributed by atoms with Gasteiger partial charge in [-0.25, -0.2) is 0 Å². The number of aromatic nitrogens is 2. The third-order valence-electron chi connectivity index (χ3n) is 4.23. The van der Waals surface area contributed by atoms with E-state index in [-0.39, 0.29) is 0 Å². The molecule has 0 radical (unpaired) electrons. The lowest BCUT2D eigenvalue weighted by molar-refractivity contribution is 0.214. The maximum absolute atomic E-state index is 4.58. The molecule has 3 heteroatoms. The van der Waals surface area contributed by atoms with Gasteiger partial charge in [-0.15, -0.1) is 0 Å². The number of hydrogen-bond donors (Lipinski definition) is 0. The van der Waals surface area contributed by atoms with Crippen molar-refractivity contribution in [2.45, 2.75) is 31.7 Å². The molecular formula is C18H23N3. The molecule has 0 aliphatic heterocycles. The van der Waals surface area contributed by atoms with Crippen LogP contribution in [0.5, 0.6) is 0 Å². The molecule has 0 aromatic carbocycles. The van der Waals surface area contributed by atoms with Crippen LogP contribution in [0.4, 0.5) is 0 Å². The van der Waals surface area contributed by atoms with E-state index in [4.69, 9.17) is 0 Å². The summed E-state index contributed by atoms with van der Waals surface area (Å²) >= 11 is 0. The summed E-state index contributed by atoms with van der Waals surface area (Å²) < 4.78 is 0. The molecule has 1 atom stereocenters. The van der Waals surface area contributed by atoms with E-state index in [1.165, 1.54) is 24.1 Å². The molecule has 1 aliphatic carbocycles. The van der Waals surface area contributed by atoms with Crippen molar-refractivity contribution in [3.05, 3.63) is 60.2 Å². The number of aryl methyl sites for hydroxylation is 1. The Hall–Kier alpha value is -1.74. The van der Waals surface area contributed by atoms with Crippen molar-refractivity contribution in [3.8, 4) is 0 Å². The molecule has 1 aliphatic rings. The van der Waals surface area contributed by atoms with E-state index < -0.39 is 0 Å². The summed E-state index contributed by atoms with van der Waals surface area (Å²) in [6.07, 6.45) is 10.7. The Balaban J connectivity index is 1.56. The van der Waals surface area contributed by atoms with Gasteiger partial charge in [-0.05, 0) is 69.0 Å². The first-order valence-corrected chi connectivity index (χ1v) is 7.84. The monoisotopic (exact) mass is 281 g/mol. The Morgan fingerprint density at radius 3 is 2.76 bits per heavy atom. The second kappa shape index (κ2) is 6.81. The minimum Gasteiger partial charge on any atom is -0.298 e. The molecule has 0 saturated heterocycles. The highest BCUT2D eigenvalue weighted by atomic mass is 15.1. The maximum atomic E-state index is 4.58. The Bertz CT molecular complexity index is 537. The Kier molecular flexibility index (Phi) is 4.61. The highest BCUT2D eigenvalue weighted by Gasteiger charge is 2.35. The molecule has 0 amide bonds. The van der Waals surface area contributed by atoms with Crippen LogP contribution in [0.2, 0.25) is 0 Å². The van der Waals surface area contributed by atoms with Crippen molar-refractivity contribution in [2.24, 2.45) is 5.92 Å². The van der Waals surface area contributed by atoms with Crippen LogP contribution in [0.1, 0.15) is 36.6 Å². The zero-order valence-corrected chi connectivity index (χ0v) is 12.7. The average Bonchev–Trinajstić information content (AvgIpc) is 3.34. The highest BCUT2D eigenvalue weighted by Crippen LogP contribution is 2.43. The predicted octanol–water partition coefficient (Wildman–Crippen LogP) is 3.49. The number of hydrogen-bond acceptors (Lipinski definition) is 3. The van der Waals surface area contributed by atoms with Crippen LogP contribution in [-0.2, 0) is 6.42 Å². The van der Waals surface area contributed by atoms with Crippen molar-refractivity contribution >= 4 is 0 Å². The molecule has 0 spiro atoms. The van der Waals surface area contributed by atoms with Gasteiger partial charge in [-0.3, -0.25) is 14.9 Å². The molecule has 3 nitrogen and oxygen atoms in total. The number of pyridine rings is 2. The van der Waals surface area contributed by atoms with E-state index in [2.05, 4.69) is 40.1 Å². The summed E-state index contributed by atoms with van der Waals surface area (Å²) in [5.74, 6) is 0.795. The van der Waals surface area contributed by atoms with Crippen LogP contribution in [-0.4, -0.2) is 28.5 Å². The lowest BCUT2D eigenvalue weighted by Gasteiger charge is -2.27. The fourth-order valence-corrected chi connectivity index (χ4v) is 3.01. The van der Waals surface area contributed by atoms with Crippen LogP contribution in [0.3, 0.4) is 0 Å². The summed E-state index contributed by atoms with van der Waals surface area (Å²) in [7, 11) is 2.24. The second-order valence-electron chi connectivity index (χ2n) is 5.98. The largest absolute Gasteiger partial charge is 0.298 e. The third kappa shape index (κ3) is 3.88. The minimum absolute atomic E-state index is 0.486. The maximum Gasteiger partial charge on any atom is 0.0578 e. The number of rotatable bonds is 7. The molecule has 0 unspecified atom stereocenters. The molecule has 0 bridgehead atoms. The number of nitrogens with zero attached hydrogens (tertiary/aromatic N) is 3. The lowest BCUT2D eigenvalue weighted by atomic mass is 10.1. The normalized spacial score (nSPS) is 16.1. The molecule has 1 saturated carbocycles. The van der Waals surface area contributed by atoms with Crippen LogP contribution in [0.15, 0.2) is 48.9 Å². The van der Waals surface area contributed by atoms with Gasteiger partial charge in [-0.2, -0.15) is 0 Å². The van der Waals surface area contributed by atoms with Gasteiger partial charge in [-0.1, -0.05) is 12.1 Å². The summed E-state index contributed by atoms with van der Waals surface area (Å²) in [5, 5.41) is 0. The molecule has 2 aromatic rings. The van der Waals surface area contributed by atoms with Crippen molar-refractivity contribution < 1.29 is 0 Å². The Morgan fingerprint density at radius 1 is 1.19 bits per heavy atom. The zero-order valence-electron chi connectivity index (χ0n) is 12.7. The minimum atomic E-state index is 0.486. The molecular weight excluding hydrogens is 258 g/mol. The summed E-state index contributed by atoms with van der Waals surface area (Å²) in [5.41, 5.74) is 2.55. The highest BCUT2D eigenvalue weighted by molar-refractivity contribution is 5.12. The van der Waals surface area contributed by atoms with Gasteiger partial charge in [0.1, 0.15) is 0 Å². The fourth-order valence-electron chi connectivity index (χ4n) is 3.01. The van der Waals surface area contributed by atoms with Crippen LogP contribution >= 0.6 is 0 Å². The van der Waals surface area contributed by atoms with Gasteiger partial charge in [0, 0.05) is 18.6 Å². The van der Waals surface area contributed by atoms with Gasteiger partial charge >= 0.3 is 0 Å². The van der Waals surface area contributed by atoms with Gasteiger partial charge in [0.25, 0.3) is 0 Å². The van der Waals surface area contributed by atoms with E-state index in [0.717, 1.165) is 25.3 Å².